The molecule has 0 fully saturated rings. The number of benzene rings is 1. The highest BCUT2D eigenvalue weighted by Gasteiger charge is 2.08. The molecule has 0 bridgehead atoms. The van der Waals surface area contributed by atoms with Crippen molar-refractivity contribution in [3.05, 3.63) is 34.9 Å². The Bertz CT molecular complexity index is 473. The smallest absolute Gasteiger partial charge is 0.251 e. The summed E-state index contributed by atoms with van der Waals surface area (Å²) in [6, 6.07) is 5.56. The largest absolute Gasteiger partial charge is 0.353 e. The molecule has 2 N–H and O–H groups in total. The average Bonchev–Trinajstić information content (AvgIpc) is 2.37. The molecule has 2 amide bonds. The Labute approximate surface area is 118 Å². The van der Waals surface area contributed by atoms with Gasteiger partial charge in [-0.1, -0.05) is 6.07 Å². The minimum Gasteiger partial charge on any atom is -0.353 e. The van der Waals surface area contributed by atoms with Crippen molar-refractivity contribution >= 4 is 23.4 Å². The van der Waals surface area contributed by atoms with E-state index in [2.05, 4.69) is 10.6 Å². The molecular weight excluding hydrogens is 264 g/mol. The quantitative estimate of drug-likeness (QED) is 0.639. The van der Waals surface area contributed by atoms with E-state index in [-0.39, 0.29) is 11.8 Å². The summed E-state index contributed by atoms with van der Waals surface area (Å²) in [5, 5.41) is 4.81. The average molecular weight is 283 g/mol. The second kappa shape index (κ2) is 7.14. The van der Waals surface area contributed by atoms with Crippen LogP contribution in [-0.2, 0) is 4.79 Å². The minimum absolute atomic E-state index is 0.142. The predicted octanol–water partition coefficient (Wildman–Crippen LogP) is 1.78. The number of carbonyl (C=O) groups excluding carboxylic acids is 2. The van der Waals surface area contributed by atoms with Crippen LogP contribution in [0.2, 0.25) is 0 Å². The summed E-state index contributed by atoms with van der Waals surface area (Å²) in [6.07, 6.45) is 0. The van der Waals surface area contributed by atoms with Crippen molar-refractivity contribution < 1.29 is 9.59 Å². The van der Waals surface area contributed by atoms with Gasteiger partial charge in [0.1, 0.15) is 5.38 Å². The van der Waals surface area contributed by atoms with Gasteiger partial charge in [-0.15, -0.1) is 11.6 Å². The van der Waals surface area contributed by atoms with E-state index >= 15 is 0 Å². The SMILES string of the molecule is Cc1ccc(C(=O)NCCNC(=O)C(C)Cl)cc1C. The summed E-state index contributed by atoms with van der Waals surface area (Å²) >= 11 is 5.60. The lowest BCUT2D eigenvalue weighted by atomic mass is 10.1. The predicted molar refractivity (Wildman–Crippen MR) is 76.6 cm³/mol. The van der Waals surface area contributed by atoms with E-state index in [4.69, 9.17) is 11.6 Å². The fourth-order valence-corrected chi connectivity index (χ4v) is 1.56. The van der Waals surface area contributed by atoms with Crippen molar-refractivity contribution in [1.82, 2.24) is 10.6 Å². The summed E-state index contributed by atoms with van der Waals surface area (Å²) in [5.74, 6) is -0.377. The van der Waals surface area contributed by atoms with Crippen LogP contribution < -0.4 is 10.6 Å². The van der Waals surface area contributed by atoms with Crippen molar-refractivity contribution in [1.29, 1.82) is 0 Å². The molecule has 0 aromatic heterocycles. The van der Waals surface area contributed by atoms with Crippen LogP contribution in [0.3, 0.4) is 0 Å². The number of amides is 2. The highest BCUT2D eigenvalue weighted by molar-refractivity contribution is 6.30. The lowest BCUT2D eigenvalue weighted by Crippen LogP contribution is -2.37. The molecule has 0 radical (unpaired) electrons. The molecule has 1 aromatic rings. The van der Waals surface area contributed by atoms with Gasteiger partial charge in [0.2, 0.25) is 5.91 Å². The number of carbonyl (C=O) groups is 2. The van der Waals surface area contributed by atoms with Crippen LogP contribution in [-0.4, -0.2) is 30.3 Å². The Kier molecular flexibility index (Phi) is 5.83. The molecule has 0 aliphatic rings. The number of hydrogen-bond acceptors (Lipinski definition) is 2. The van der Waals surface area contributed by atoms with Gasteiger partial charge in [-0.2, -0.15) is 0 Å². The van der Waals surface area contributed by atoms with Gasteiger partial charge in [-0.05, 0) is 44.0 Å². The molecule has 0 spiro atoms. The fraction of sp³-hybridized carbons (Fsp3) is 0.429. The Morgan fingerprint density at radius 3 is 2.37 bits per heavy atom. The number of aryl methyl sites for hydroxylation is 2. The van der Waals surface area contributed by atoms with E-state index in [0.717, 1.165) is 11.1 Å². The van der Waals surface area contributed by atoms with E-state index in [9.17, 15) is 9.59 Å². The summed E-state index contributed by atoms with van der Waals surface area (Å²) < 4.78 is 0. The van der Waals surface area contributed by atoms with Gasteiger partial charge in [0.15, 0.2) is 0 Å². The van der Waals surface area contributed by atoms with E-state index in [1.165, 1.54) is 0 Å². The lowest BCUT2D eigenvalue weighted by Gasteiger charge is -2.09. The molecule has 19 heavy (non-hydrogen) atoms. The molecule has 0 aliphatic carbocycles. The monoisotopic (exact) mass is 282 g/mol. The van der Waals surface area contributed by atoms with Crippen LogP contribution in [0.4, 0.5) is 0 Å². The zero-order chi connectivity index (χ0) is 14.4. The maximum absolute atomic E-state index is 11.8. The third-order valence-corrected chi connectivity index (χ3v) is 3.04. The third kappa shape index (κ3) is 4.91. The van der Waals surface area contributed by atoms with Gasteiger partial charge >= 0.3 is 0 Å². The van der Waals surface area contributed by atoms with Gasteiger partial charge in [0, 0.05) is 18.7 Å². The highest BCUT2D eigenvalue weighted by atomic mass is 35.5. The van der Waals surface area contributed by atoms with Gasteiger partial charge in [0.05, 0.1) is 0 Å². The van der Waals surface area contributed by atoms with Crippen molar-refractivity contribution in [2.75, 3.05) is 13.1 Å². The maximum atomic E-state index is 11.8. The van der Waals surface area contributed by atoms with Crippen LogP contribution in [0.25, 0.3) is 0 Å². The first-order valence-electron chi connectivity index (χ1n) is 6.19. The Hall–Kier alpha value is -1.55. The standard InChI is InChI=1S/C14H19ClN2O2/c1-9-4-5-12(8-10(9)2)14(19)17-7-6-16-13(18)11(3)15/h4-5,8,11H,6-7H2,1-3H3,(H,16,18)(H,17,19). The van der Waals surface area contributed by atoms with Crippen molar-refractivity contribution in [2.45, 2.75) is 26.1 Å². The number of hydrogen-bond donors (Lipinski definition) is 2. The molecule has 0 aliphatic heterocycles. The molecule has 0 heterocycles. The van der Waals surface area contributed by atoms with Crippen molar-refractivity contribution in [2.24, 2.45) is 0 Å². The summed E-state index contributed by atoms with van der Waals surface area (Å²) in [7, 11) is 0. The van der Waals surface area contributed by atoms with Crippen molar-refractivity contribution in [3.8, 4) is 0 Å². The van der Waals surface area contributed by atoms with Crippen LogP contribution in [0.5, 0.6) is 0 Å². The van der Waals surface area contributed by atoms with Gasteiger partial charge in [0.25, 0.3) is 5.91 Å². The zero-order valence-electron chi connectivity index (χ0n) is 11.4. The molecule has 0 saturated carbocycles. The van der Waals surface area contributed by atoms with Crippen LogP contribution in [0.1, 0.15) is 28.4 Å². The molecular formula is C14H19ClN2O2. The molecule has 4 nitrogen and oxygen atoms in total. The first-order valence-corrected chi connectivity index (χ1v) is 6.62. The number of rotatable bonds is 5. The molecule has 1 aromatic carbocycles. The van der Waals surface area contributed by atoms with Crippen molar-refractivity contribution in [3.63, 3.8) is 0 Å². The third-order valence-electron chi connectivity index (χ3n) is 2.84. The van der Waals surface area contributed by atoms with E-state index in [0.29, 0.717) is 18.7 Å². The molecule has 1 unspecified atom stereocenters. The molecule has 104 valence electrons. The topological polar surface area (TPSA) is 58.2 Å². The van der Waals surface area contributed by atoms with E-state index in [1.54, 1.807) is 13.0 Å². The van der Waals surface area contributed by atoms with Gasteiger partial charge in [-0.25, -0.2) is 0 Å². The van der Waals surface area contributed by atoms with Gasteiger partial charge < -0.3 is 10.6 Å². The Morgan fingerprint density at radius 2 is 1.79 bits per heavy atom. The first-order chi connectivity index (χ1) is 8.91. The van der Waals surface area contributed by atoms with Crippen LogP contribution in [0, 0.1) is 13.8 Å². The van der Waals surface area contributed by atoms with E-state index in [1.807, 2.05) is 26.0 Å². The number of halogens is 1. The van der Waals surface area contributed by atoms with Crippen LogP contribution in [0.15, 0.2) is 18.2 Å². The maximum Gasteiger partial charge on any atom is 0.251 e. The number of alkyl halides is 1. The summed E-state index contributed by atoms with van der Waals surface area (Å²) in [6.45, 7) is 6.31. The second-order valence-corrected chi connectivity index (χ2v) is 5.12. The summed E-state index contributed by atoms with van der Waals surface area (Å²) in [4.78, 5) is 23.0. The minimum atomic E-state index is -0.560. The summed E-state index contributed by atoms with van der Waals surface area (Å²) in [5.41, 5.74) is 2.86. The lowest BCUT2D eigenvalue weighted by molar-refractivity contribution is -0.120. The molecule has 1 atom stereocenters. The fourth-order valence-electron chi connectivity index (χ4n) is 1.49. The molecule has 5 heteroatoms. The first kappa shape index (κ1) is 15.5. The Balaban J connectivity index is 2.39. The number of nitrogens with one attached hydrogen (secondary N) is 2. The van der Waals surface area contributed by atoms with E-state index < -0.39 is 5.38 Å². The second-order valence-electron chi connectivity index (χ2n) is 4.46. The normalized spacial score (nSPS) is 11.8. The molecule has 0 saturated heterocycles. The zero-order valence-corrected chi connectivity index (χ0v) is 12.2. The van der Waals surface area contributed by atoms with Crippen LogP contribution >= 0.6 is 11.6 Å². The highest BCUT2D eigenvalue weighted by Crippen LogP contribution is 2.09. The van der Waals surface area contributed by atoms with Gasteiger partial charge in [-0.3, -0.25) is 9.59 Å². The molecule has 1 rings (SSSR count). The Morgan fingerprint density at radius 1 is 1.16 bits per heavy atom.